The van der Waals surface area contributed by atoms with Gasteiger partial charge in [0.15, 0.2) is 0 Å². The molecule has 1 N–H and O–H groups in total. The Labute approximate surface area is 105 Å². The second-order valence-corrected chi connectivity index (χ2v) is 5.88. The number of hydrogen-bond donors (Lipinski definition) is 1. The van der Waals surface area contributed by atoms with Gasteiger partial charge in [0.25, 0.3) is 0 Å². The van der Waals surface area contributed by atoms with Gasteiger partial charge >= 0.3 is 0 Å². The number of rotatable bonds is 3. The Kier molecular flexibility index (Phi) is 4.84. The standard InChI is InChI=1S/C14H26N2O/c1-16-9-5-6-12(11-16)10-14(17)15-13-7-3-2-4-8-13/h12-13H,2-11H2,1H3,(H,15,17). The van der Waals surface area contributed by atoms with Crippen molar-refractivity contribution in [2.45, 2.75) is 57.4 Å². The maximum absolute atomic E-state index is 12.0. The van der Waals surface area contributed by atoms with Crippen LogP contribution in [0.25, 0.3) is 0 Å². The highest BCUT2D eigenvalue weighted by Gasteiger charge is 2.22. The molecule has 1 saturated carbocycles. The van der Waals surface area contributed by atoms with Crippen LogP contribution in [-0.4, -0.2) is 37.0 Å². The van der Waals surface area contributed by atoms with Gasteiger partial charge in [-0.25, -0.2) is 0 Å². The topological polar surface area (TPSA) is 32.3 Å². The molecule has 2 aliphatic rings. The minimum Gasteiger partial charge on any atom is -0.353 e. The smallest absolute Gasteiger partial charge is 0.220 e. The van der Waals surface area contributed by atoms with E-state index in [-0.39, 0.29) is 5.91 Å². The molecular formula is C14H26N2O. The second kappa shape index (κ2) is 6.39. The minimum atomic E-state index is 0.289. The Balaban J connectivity index is 1.68. The maximum atomic E-state index is 12.0. The summed E-state index contributed by atoms with van der Waals surface area (Å²) in [6.45, 7) is 2.29. The molecule has 0 radical (unpaired) electrons. The highest BCUT2D eigenvalue weighted by molar-refractivity contribution is 5.76. The van der Waals surface area contributed by atoms with E-state index in [9.17, 15) is 4.79 Å². The lowest BCUT2D eigenvalue weighted by atomic mass is 9.93. The lowest BCUT2D eigenvalue weighted by Crippen LogP contribution is -2.39. The molecule has 1 saturated heterocycles. The molecule has 0 aromatic heterocycles. The Bertz CT molecular complexity index is 249. The lowest BCUT2D eigenvalue weighted by molar-refractivity contribution is -0.123. The Morgan fingerprint density at radius 2 is 1.94 bits per heavy atom. The second-order valence-electron chi connectivity index (χ2n) is 5.88. The van der Waals surface area contributed by atoms with E-state index < -0.39 is 0 Å². The fourth-order valence-electron chi connectivity index (χ4n) is 3.24. The monoisotopic (exact) mass is 238 g/mol. The molecule has 17 heavy (non-hydrogen) atoms. The number of carbonyl (C=O) groups is 1. The SMILES string of the molecule is CN1CCCC(CC(=O)NC2CCCCC2)C1. The van der Waals surface area contributed by atoms with E-state index in [0.717, 1.165) is 13.0 Å². The third-order valence-corrected chi connectivity index (χ3v) is 4.17. The van der Waals surface area contributed by atoms with Gasteiger partial charge in [-0.2, -0.15) is 0 Å². The first-order valence-corrected chi connectivity index (χ1v) is 7.22. The van der Waals surface area contributed by atoms with Gasteiger partial charge in [0.05, 0.1) is 0 Å². The molecular weight excluding hydrogens is 212 g/mol. The van der Waals surface area contributed by atoms with Crippen LogP contribution in [-0.2, 0) is 4.79 Å². The van der Waals surface area contributed by atoms with Gasteiger partial charge in [-0.05, 0) is 45.2 Å². The molecule has 2 rings (SSSR count). The van der Waals surface area contributed by atoms with Crippen LogP contribution in [0.2, 0.25) is 0 Å². The fourth-order valence-corrected chi connectivity index (χ4v) is 3.24. The van der Waals surface area contributed by atoms with Crippen molar-refractivity contribution in [3.05, 3.63) is 0 Å². The molecule has 3 heteroatoms. The number of nitrogens with zero attached hydrogens (tertiary/aromatic N) is 1. The highest BCUT2D eigenvalue weighted by atomic mass is 16.1. The molecule has 1 unspecified atom stereocenters. The molecule has 98 valence electrons. The van der Waals surface area contributed by atoms with Crippen molar-refractivity contribution in [2.24, 2.45) is 5.92 Å². The van der Waals surface area contributed by atoms with Crippen LogP contribution < -0.4 is 5.32 Å². The summed E-state index contributed by atoms with van der Waals surface area (Å²) < 4.78 is 0. The average Bonchev–Trinajstić information content (AvgIpc) is 2.30. The zero-order valence-electron chi connectivity index (χ0n) is 11.1. The van der Waals surface area contributed by atoms with Crippen molar-refractivity contribution in [3.8, 4) is 0 Å². The van der Waals surface area contributed by atoms with Crippen LogP contribution >= 0.6 is 0 Å². The van der Waals surface area contributed by atoms with Crippen molar-refractivity contribution in [3.63, 3.8) is 0 Å². The van der Waals surface area contributed by atoms with Gasteiger partial charge in [-0.1, -0.05) is 19.3 Å². The van der Waals surface area contributed by atoms with Gasteiger partial charge < -0.3 is 10.2 Å². The van der Waals surface area contributed by atoms with E-state index in [0.29, 0.717) is 12.0 Å². The summed E-state index contributed by atoms with van der Waals surface area (Å²) in [4.78, 5) is 14.3. The number of hydrogen-bond acceptors (Lipinski definition) is 2. The normalized spacial score (nSPS) is 27.9. The third-order valence-electron chi connectivity index (χ3n) is 4.17. The summed E-state index contributed by atoms with van der Waals surface area (Å²) in [6, 6.07) is 0.470. The molecule has 0 spiro atoms. The molecule has 2 fully saturated rings. The van der Waals surface area contributed by atoms with Crippen molar-refractivity contribution in [2.75, 3.05) is 20.1 Å². The van der Waals surface area contributed by atoms with Crippen LogP contribution in [0.5, 0.6) is 0 Å². The maximum Gasteiger partial charge on any atom is 0.220 e. The number of piperidine rings is 1. The Morgan fingerprint density at radius 1 is 1.18 bits per heavy atom. The number of carbonyl (C=O) groups excluding carboxylic acids is 1. The summed E-state index contributed by atoms with van der Waals surface area (Å²) in [6.07, 6.45) is 9.52. The van der Waals surface area contributed by atoms with Gasteiger partial charge in [0, 0.05) is 19.0 Å². The lowest BCUT2D eigenvalue weighted by Gasteiger charge is -2.30. The van der Waals surface area contributed by atoms with Gasteiger partial charge in [0.2, 0.25) is 5.91 Å². The van der Waals surface area contributed by atoms with Crippen LogP contribution in [0.4, 0.5) is 0 Å². The zero-order chi connectivity index (χ0) is 12.1. The number of likely N-dealkylation sites (tertiary alicyclic amines) is 1. The minimum absolute atomic E-state index is 0.289. The summed E-state index contributed by atoms with van der Waals surface area (Å²) >= 11 is 0. The molecule has 0 bridgehead atoms. The van der Waals surface area contributed by atoms with Crippen LogP contribution in [0, 0.1) is 5.92 Å². The van der Waals surface area contributed by atoms with E-state index in [4.69, 9.17) is 0 Å². The quantitative estimate of drug-likeness (QED) is 0.817. The molecule has 1 aliphatic heterocycles. The fraction of sp³-hybridized carbons (Fsp3) is 0.929. The summed E-state index contributed by atoms with van der Waals surface area (Å²) in [7, 11) is 2.16. The number of nitrogens with one attached hydrogen (secondary N) is 1. The van der Waals surface area contributed by atoms with Gasteiger partial charge in [0.1, 0.15) is 0 Å². The third kappa shape index (κ3) is 4.30. The molecule has 0 aromatic rings. The molecule has 1 aliphatic carbocycles. The van der Waals surface area contributed by atoms with E-state index in [1.165, 1.54) is 51.5 Å². The van der Waals surface area contributed by atoms with Crippen molar-refractivity contribution < 1.29 is 4.79 Å². The summed E-state index contributed by atoms with van der Waals surface area (Å²) in [5.74, 6) is 0.870. The summed E-state index contributed by atoms with van der Waals surface area (Å²) in [5.41, 5.74) is 0. The molecule has 1 heterocycles. The van der Waals surface area contributed by atoms with E-state index in [1.54, 1.807) is 0 Å². The summed E-state index contributed by atoms with van der Waals surface area (Å²) in [5, 5.41) is 3.22. The zero-order valence-corrected chi connectivity index (χ0v) is 11.1. The average molecular weight is 238 g/mol. The van der Waals surface area contributed by atoms with Gasteiger partial charge in [-0.3, -0.25) is 4.79 Å². The highest BCUT2D eigenvalue weighted by Crippen LogP contribution is 2.20. The Hall–Kier alpha value is -0.570. The van der Waals surface area contributed by atoms with Crippen LogP contribution in [0.3, 0.4) is 0 Å². The van der Waals surface area contributed by atoms with Crippen LogP contribution in [0.15, 0.2) is 0 Å². The van der Waals surface area contributed by atoms with E-state index in [2.05, 4.69) is 17.3 Å². The molecule has 3 nitrogen and oxygen atoms in total. The van der Waals surface area contributed by atoms with E-state index >= 15 is 0 Å². The van der Waals surface area contributed by atoms with E-state index in [1.807, 2.05) is 0 Å². The van der Waals surface area contributed by atoms with Gasteiger partial charge in [-0.15, -0.1) is 0 Å². The first kappa shape index (κ1) is 12.9. The molecule has 1 atom stereocenters. The first-order valence-electron chi connectivity index (χ1n) is 7.22. The largest absolute Gasteiger partial charge is 0.353 e. The predicted octanol–water partition coefficient (Wildman–Crippen LogP) is 2.17. The van der Waals surface area contributed by atoms with Crippen LogP contribution in [0.1, 0.15) is 51.4 Å². The number of amides is 1. The van der Waals surface area contributed by atoms with Crippen molar-refractivity contribution in [1.29, 1.82) is 0 Å². The van der Waals surface area contributed by atoms with Crippen molar-refractivity contribution in [1.82, 2.24) is 10.2 Å². The first-order chi connectivity index (χ1) is 8.24. The van der Waals surface area contributed by atoms with Crippen molar-refractivity contribution >= 4 is 5.91 Å². The molecule has 0 aromatic carbocycles. The molecule has 1 amide bonds. The Morgan fingerprint density at radius 3 is 2.65 bits per heavy atom. The predicted molar refractivity (Wildman–Crippen MR) is 69.9 cm³/mol.